The Bertz CT molecular complexity index is 331. The fraction of sp³-hybridized carbons (Fsp3) is 0.857. The number of hydrogen-bond acceptors (Lipinski definition) is 2. The third-order valence-corrected chi connectivity index (χ3v) is 4.16. The van der Waals surface area contributed by atoms with Gasteiger partial charge in [0.1, 0.15) is 0 Å². The molecule has 1 saturated heterocycles. The number of rotatable bonds is 4. The van der Waals surface area contributed by atoms with Crippen LogP contribution in [0.4, 0.5) is 4.79 Å². The fourth-order valence-electron chi connectivity index (χ4n) is 2.49. The highest BCUT2D eigenvalue weighted by molar-refractivity contribution is 5.76. The normalized spacial score (nSPS) is 21.3. The molecule has 2 amide bonds. The lowest BCUT2D eigenvalue weighted by molar-refractivity contribution is -0.138. The van der Waals surface area contributed by atoms with Crippen LogP contribution in [0.3, 0.4) is 0 Å². The Kier molecular flexibility index (Phi) is 5.63. The number of carbonyl (C=O) groups is 2. The van der Waals surface area contributed by atoms with Crippen LogP contribution in [-0.2, 0) is 4.79 Å². The van der Waals surface area contributed by atoms with Gasteiger partial charge in [-0.1, -0.05) is 13.8 Å². The van der Waals surface area contributed by atoms with Gasteiger partial charge in [0.05, 0.1) is 6.42 Å². The first-order valence-corrected chi connectivity index (χ1v) is 7.09. The van der Waals surface area contributed by atoms with E-state index >= 15 is 0 Å². The molecule has 0 saturated carbocycles. The van der Waals surface area contributed by atoms with Crippen LogP contribution >= 0.6 is 0 Å². The van der Waals surface area contributed by atoms with Crippen LogP contribution in [0.1, 0.15) is 46.5 Å². The maximum absolute atomic E-state index is 12.5. The highest BCUT2D eigenvalue weighted by Gasteiger charge is 2.32. The first-order valence-electron chi connectivity index (χ1n) is 7.09. The van der Waals surface area contributed by atoms with Crippen LogP contribution in [-0.4, -0.2) is 52.6 Å². The minimum atomic E-state index is -0.829. The van der Waals surface area contributed by atoms with Crippen molar-refractivity contribution in [2.75, 3.05) is 13.6 Å². The van der Waals surface area contributed by atoms with Crippen LogP contribution in [0, 0.1) is 5.92 Å². The monoisotopic (exact) mass is 270 g/mol. The zero-order valence-electron chi connectivity index (χ0n) is 12.4. The Morgan fingerprint density at radius 3 is 2.47 bits per heavy atom. The summed E-state index contributed by atoms with van der Waals surface area (Å²) in [4.78, 5) is 26.9. The molecule has 1 N–H and O–H groups in total. The van der Waals surface area contributed by atoms with Crippen LogP contribution in [0.25, 0.3) is 0 Å². The van der Waals surface area contributed by atoms with E-state index in [0.29, 0.717) is 12.5 Å². The molecule has 5 heteroatoms. The van der Waals surface area contributed by atoms with E-state index in [0.717, 1.165) is 19.3 Å². The van der Waals surface area contributed by atoms with E-state index in [9.17, 15) is 9.59 Å². The molecule has 2 unspecified atom stereocenters. The molecule has 0 aliphatic carbocycles. The summed E-state index contributed by atoms with van der Waals surface area (Å²) in [7, 11) is 1.80. The number of urea groups is 1. The number of hydrogen-bond donors (Lipinski definition) is 1. The van der Waals surface area contributed by atoms with Crippen molar-refractivity contribution >= 4 is 12.0 Å². The van der Waals surface area contributed by atoms with Crippen molar-refractivity contribution in [1.29, 1.82) is 0 Å². The fourth-order valence-corrected chi connectivity index (χ4v) is 2.49. The second-order valence-electron chi connectivity index (χ2n) is 5.82. The lowest BCUT2D eigenvalue weighted by Gasteiger charge is -2.40. The minimum Gasteiger partial charge on any atom is -0.481 e. The molecule has 110 valence electrons. The predicted molar refractivity (Wildman–Crippen MR) is 74.1 cm³/mol. The Labute approximate surface area is 115 Å². The molecular weight excluding hydrogens is 244 g/mol. The quantitative estimate of drug-likeness (QED) is 0.853. The van der Waals surface area contributed by atoms with Gasteiger partial charge in [-0.2, -0.15) is 0 Å². The molecule has 0 spiro atoms. The smallest absolute Gasteiger partial charge is 0.320 e. The van der Waals surface area contributed by atoms with Gasteiger partial charge in [-0.05, 0) is 32.1 Å². The van der Waals surface area contributed by atoms with Gasteiger partial charge < -0.3 is 14.9 Å². The first kappa shape index (κ1) is 15.8. The number of carboxylic acid groups (broad SMARTS) is 1. The van der Waals surface area contributed by atoms with E-state index in [1.807, 2.05) is 6.92 Å². The molecule has 0 aromatic rings. The van der Waals surface area contributed by atoms with Crippen LogP contribution in [0.5, 0.6) is 0 Å². The average molecular weight is 270 g/mol. The van der Waals surface area contributed by atoms with Crippen molar-refractivity contribution in [3.8, 4) is 0 Å². The molecule has 0 aromatic heterocycles. The maximum atomic E-state index is 12.5. The Morgan fingerprint density at radius 1 is 1.32 bits per heavy atom. The van der Waals surface area contributed by atoms with Crippen LogP contribution in [0.2, 0.25) is 0 Å². The van der Waals surface area contributed by atoms with Crippen molar-refractivity contribution in [3.05, 3.63) is 0 Å². The topological polar surface area (TPSA) is 60.9 Å². The van der Waals surface area contributed by atoms with Crippen molar-refractivity contribution < 1.29 is 14.7 Å². The summed E-state index contributed by atoms with van der Waals surface area (Å²) in [6, 6.07) is -0.0346. The summed E-state index contributed by atoms with van der Waals surface area (Å²) in [5.41, 5.74) is 0. The first-order chi connectivity index (χ1) is 8.84. The zero-order chi connectivity index (χ0) is 14.6. The predicted octanol–water partition coefficient (Wildman–Crippen LogP) is 2.41. The minimum absolute atomic E-state index is 0.0350. The van der Waals surface area contributed by atoms with Crippen molar-refractivity contribution in [3.63, 3.8) is 0 Å². The van der Waals surface area contributed by atoms with E-state index in [4.69, 9.17) is 5.11 Å². The number of amides is 2. The van der Waals surface area contributed by atoms with E-state index in [1.54, 1.807) is 16.8 Å². The number of likely N-dealkylation sites (tertiary alicyclic amines) is 1. The Morgan fingerprint density at radius 2 is 1.95 bits per heavy atom. The number of piperidine rings is 1. The van der Waals surface area contributed by atoms with Crippen molar-refractivity contribution in [2.24, 2.45) is 5.92 Å². The summed E-state index contributed by atoms with van der Waals surface area (Å²) >= 11 is 0. The SMILES string of the molecule is CC(C)C(C)N(C)C(=O)N1CCCCC1CC(=O)O. The molecule has 2 atom stereocenters. The second-order valence-corrected chi connectivity index (χ2v) is 5.82. The maximum Gasteiger partial charge on any atom is 0.320 e. The van der Waals surface area contributed by atoms with E-state index in [-0.39, 0.29) is 24.5 Å². The third kappa shape index (κ3) is 4.11. The van der Waals surface area contributed by atoms with Gasteiger partial charge in [0, 0.05) is 25.7 Å². The lowest BCUT2D eigenvalue weighted by Crippen LogP contribution is -2.52. The van der Waals surface area contributed by atoms with Crippen molar-refractivity contribution in [1.82, 2.24) is 9.80 Å². The second kappa shape index (κ2) is 6.78. The molecule has 1 rings (SSSR count). The van der Waals surface area contributed by atoms with Gasteiger partial charge in [-0.25, -0.2) is 4.79 Å². The summed E-state index contributed by atoms with van der Waals surface area (Å²) in [5, 5.41) is 8.95. The summed E-state index contributed by atoms with van der Waals surface area (Å²) in [6.45, 7) is 6.86. The number of aliphatic carboxylic acids is 1. The van der Waals surface area contributed by atoms with E-state index in [1.165, 1.54) is 0 Å². The average Bonchev–Trinajstić information content (AvgIpc) is 2.36. The third-order valence-electron chi connectivity index (χ3n) is 4.16. The van der Waals surface area contributed by atoms with Gasteiger partial charge in [-0.3, -0.25) is 4.79 Å². The zero-order valence-corrected chi connectivity index (χ0v) is 12.4. The molecule has 1 fully saturated rings. The summed E-state index contributed by atoms with van der Waals surface area (Å²) in [6.07, 6.45) is 2.81. The molecular formula is C14H26N2O3. The molecule has 0 radical (unpaired) electrons. The van der Waals surface area contributed by atoms with Crippen LogP contribution in [0.15, 0.2) is 0 Å². The van der Waals surface area contributed by atoms with Crippen molar-refractivity contribution in [2.45, 2.75) is 58.5 Å². The van der Waals surface area contributed by atoms with Crippen LogP contribution < -0.4 is 0 Å². The molecule has 1 aliphatic heterocycles. The molecule has 1 heterocycles. The van der Waals surface area contributed by atoms with E-state index < -0.39 is 5.97 Å². The van der Waals surface area contributed by atoms with Gasteiger partial charge in [0.2, 0.25) is 0 Å². The number of carboxylic acids is 1. The van der Waals surface area contributed by atoms with Gasteiger partial charge in [0.25, 0.3) is 0 Å². The largest absolute Gasteiger partial charge is 0.481 e. The van der Waals surface area contributed by atoms with Gasteiger partial charge in [-0.15, -0.1) is 0 Å². The molecule has 0 aromatic carbocycles. The standard InChI is InChI=1S/C14H26N2O3/c1-10(2)11(3)15(4)14(19)16-8-6-5-7-12(16)9-13(17)18/h10-12H,5-9H2,1-4H3,(H,17,18). The lowest BCUT2D eigenvalue weighted by atomic mass is 9.99. The van der Waals surface area contributed by atoms with Gasteiger partial charge >= 0.3 is 12.0 Å². The van der Waals surface area contributed by atoms with Gasteiger partial charge in [0.15, 0.2) is 0 Å². The molecule has 0 bridgehead atoms. The highest BCUT2D eigenvalue weighted by atomic mass is 16.4. The number of carbonyl (C=O) groups excluding carboxylic acids is 1. The summed E-state index contributed by atoms with van der Waals surface area (Å²) in [5.74, 6) is -0.444. The molecule has 5 nitrogen and oxygen atoms in total. The Balaban J connectivity index is 2.73. The molecule has 19 heavy (non-hydrogen) atoms. The molecule has 1 aliphatic rings. The highest BCUT2D eigenvalue weighted by Crippen LogP contribution is 2.22. The number of nitrogens with zero attached hydrogens (tertiary/aromatic N) is 2. The van der Waals surface area contributed by atoms with E-state index in [2.05, 4.69) is 13.8 Å². The summed E-state index contributed by atoms with van der Waals surface area (Å²) < 4.78 is 0. The Hall–Kier alpha value is -1.26.